The molecular formula is C21H26ClNO3. The Morgan fingerprint density at radius 3 is 2.38 bits per heavy atom. The molecule has 0 radical (unpaired) electrons. The fraction of sp³-hybridized carbons (Fsp3) is 0.381. The lowest BCUT2D eigenvalue weighted by Gasteiger charge is -2.20. The Labute approximate surface area is 160 Å². The predicted molar refractivity (Wildman–Crippen MR) is 105 cm³/mol. The second-order valence-electron chi connectivity index (χ2n) is 6.60. The Kier molecular flexibility index (Phi) is 8.26. The van der Waals surface area contributed by atoms with E-state index >= 15 is 0 Å². The van der Waals surface area contributed by atoms with Crippen molar-refractivity contribution in [2.24, 2.45) is 0 Å². The number of ketones is 1. The molecule has 140 valence electrons. The fourth-order valence-electron chi connectivity index (χ4n) is 2.51. The first-order valence-corrected chi connectivity index (χ1v) is 9.20. The van der Waals surface area contributed by atoms with Gasteiger partial charge in [0, 0.05) is 29.6 Å². The molecule has 0 heterocycles. The third-order valence-electron chi connectivity index (χ3n) is 3.94. The number of nitrogens with one attached hydrogen (secondary N) is 1. The second kappa shape index (κ2) is 10.4. The Hall–Kier alpha value is -1.72. The standard InChI is InChI=1S/C21H26ClNO3/c1-15(2)23-13-19(24)14-26-20(12-16-8-10-18(22)11-9-16)21(25)17-6-4-3-5-7-17/h3-11,15,19-20,23-24H,12-14H2,1-2H3. The van der Waals surface area contributed by atoms with E-state index in [0.29, 0.717) is 23.6 Å². The number of benzene rings is 2. The molecule has 0 bridgehead atoms. The molecule has 5 heteroatoms. The highest BCUT2D eigenvalue weighted by Gasteiger charge is 2.22. The topological polar surface area (TPSA) is 58.6 Å². The molecule has 4 nitrogen and oxygen atoms in total. The normalized spacial score (nSPS) is 13.6. The van der Waals surface area contributed by atoms with Gasteiger partial charge >= 0.3 is 0 Å². The minimum atomic E-state index is -0.673. The number of Topliss-reactive ketones (excluding diaryl/α,β-unsaturated/α-hetero) is 1. The van der Waals surface area contributed by atoms with Crippen molar-refractivity contribution in [1.82, 2.24) is 5.32 Å². The summed E-state index contributed by atoms with van der Waals surface area (Å²) in [7, 11) is 0. The van der Waals surface area contributed by atoms with E-state index in [1.807, 2.05) is 44.2 Å². The number of halogens is 1. The molecule has 2 atom stereocenters. The van der Waals surface area contributed by atoms with Crippen molar-refractivity contribution < 1.29 is 14.6 Å². The monoisotopic (exact) mass is 375 g/mol. The third kappa shape index (κ3) is 6.89. The largest absolute Gasteiger partial charge is 0.389 e. The van der Waals surface area contributed by atoms with Crippen LogP contribution < -0.4 is 5.32 Å². The Bertz CT molecular complexity index is 673. The average molecular weight is 376 g/mol. The first kappa shape index (κ1) is 20.6. The highest BCUT2D eigenvalue weighted by Crippen LogP contribution is 2.15. The van der Waals surface area contributed by atoms with E-state index in [-0.39, 0.29) is 18.4 Å². The molecule has 0 saturated heterocycles. The van der Waals surface area contributed by atoms with E-state index in [9.17, 15) is 9.90 Å². The lowest BCUT2D eigenvalue weighted by Crippen LogP contribution is -2.37. The number of ether oxygens (including phenoxy) is 1. The Balaban J connectivity index is 2.05. The van der Waals surface area contributed by atoms with Crippen LogP contribution in [0.1, 0.15) is 29.8 Å². The first-order chi connectivity index (χ1) is 12.5. The SMILES string of the molecule is CC(C)NCC(O)COC(Cc1ccc(Cl)cc1)C(=O)c1ccccc1. The van der Waals surface area contributed by atoms with Crippen LogP contribution in [0.25, 0.3) is 0 Å². The van der Waals surface area contributed by atoms with Crippen molar-refractivity contribution in [2.75, 3.05) is 13.2 Å². The summed E-state index contributed by atoms with van der Waals surface area (Å²) >= 11 is 5.93. The van der Waals surface area contributed by atoms with Crippen LogP contribution in [0.3, 0.4) is 0 Å². The van der Waals surface area contributed by atoms with Gasteiger partial charge < -0.3 is 15.2 Å². The number of carbonyl (C=O) groups excluding carboxylic acids is 1. The summed E-state index contributed by atoms with van der Waals surface area (Å²) in [5.74, 6) is -0.0930. The molecule has 0 fully saturated rings. The maximum absolute atomic E-state index is 12.8. The van der Waals surface area contributed by atoms with Crippen LogP contribution in [0.2, 0.25) is 5.02 Å². The van der Waals surface area contributed by atoms with Gasteiger partial charge in [-0.3, -0.25) is 4.79 Å². The van der Waals surface area contributed by atoms with Crippen LogP contribution in [-0.2, 0) is 11.2 Å². The van der Waals surface area contributed by atoms with E-state index in [1.165, 1.54) is 0 Å². The van der Waals surface area contributed by atoms with Gasteiger partial charge in [-0.1, -0.05) is 67.9 Å². The quantitative estimate of drug-likeness (QED) is 0.624. The van der Waals surface area contributed by atoms with Crippen molar-refractivity contribution >= 4 is 17.4 Å². The van der Waals surface area contributed by atoms with E-state index in [4.69, 9.17) is 16.3 Å². The molecule has 0 saturated carbocycles. The molecule has 0 aliphatic heterocycles. The molecule has 2 aromatic carbocycles. The number of aliphatic hydroxyl groups is 1. The smallest absolute Gasteiger partial charge is 0.191 e. The summed E-state index contributed by atoms with van der Waals surface area (Å²) in [6, 6.07) is 16.7. The summed E-state index contributed by atoms with van der Waals surface area (Å²) < 4.78 is 5.81. The van der Waals surface area contributed by atoms with Gasteiger partial charge in [0.15, 0.2) is 5.78 Å². The van der Waals surface area contributed by atoms with Crippen LogP contribution in [0, 0.1) is 0 Å². The Morgan fingerprint density at radius 1 is 1.12 bits per heavy atom. The summed E-state index contributed by atoms with van der Waals surface area (Å²) in [5, 5.41) is 13.9. The fourth-order valence-corrected chi connectivity index (χ4v) is 2.63. The Morgan fingerprint density at radius 2 is 1.77 bits per heavy atom. The minimum Gasteiger partial charge on any atom is -0.389 e. The van der Waals surface area contributed by atoms with Crippen LogP contribution in [0.5, 0.6) is 0 Å². The maximum atomic E-state index is 12.8. The molecule has 0 aromatic heterocycles. The van der Waals surface area contributed by atoms with Gasteiger partial charge in [0.2, 0.25) is 0 Å². The number of hydrogen-bond donors (Lipinski definition) is 2. The number of aliphatic hydroxyl groups excluding tert-OH is 1. The van der Waals surface area contributed by atoms with Gasteiger partial charge in [0.1, 0.15) is 6.10 Å². The van der Waals surface area contributed by atoms with Crippen LogP contribution >= 0.6 is 11.6 Å². The van der Waals surface area contributed by atoms with E-state index in [2.05, 4.69) is 5.32 Å². The third-order valence-corrected chi connectivity index (χ3v) is 4.19. The number of hydrogen-bond acceptors (Lipinski definition) is 4. The lowest BCUT2D eigenvalue weighted by atomic mass is 10.00. The van der Waals surface area contributed by atoms with E-state index < -0.39 is 12.2 Å². The summed E-state index contributed by atoms with van der Waals surface area (Å²) in [6.07, 6.45) is -0.907. The zero-order valence-electron chi connectivity index (χ0n) is 15.2. The van der Waals surface area contributed by atoms with Gasteiger partial charge in [0.25, 0.3) is 0 Å². The summed E-state index contributed by atoms with van der Waals surface area (Å²) in [6.45, 7) is 4.53. The molecule has 0 amide bonds. The van der Waals surface area contributed by atoms with Crippen molar-refractivity contribution in [2.45, 2.75) is 38.5 Å². The van der Waals surface area contributed by atoms with Crippen molar-refractivity contribution in [3.05, 3.63) is 70.7 Å². The molecule has 2 N–H and O–H groups in total. The molecule has 2 unspecified atom stereocenters. The zero-order chi connectivity index (χ0) is 18.9. The van der Waals surface area contributed by atoms with Crippen molar-refractivity contribution in [3.8, 4) is 0 Å². The van der Waals surface area contributed by atoms with E-state index in [1.54, 1.807) is 24.3 Å². The lowest BCUT2D eigenvalue weighted by molar-refractivity contribution is -0.00216. The van der Waals surface area contributed by atoms with Crippen molar-refractivity contribution in [3.63, 3.8) is 0 Å². The zero-order valence-corrected chi connectivity index (χ0v) is 15.9. The number of rotatable bonds is 10. The highest BCUT2D eigenvalue weighted by atomic mass is 35.5. The molecular weight excluding hydrogens is 350 g/mol. The maximum Gasteiger partial charge on any atom is 0.191 e. The van der Waals surface area contributed by atoms with Gasteiger partial charge in [-0.05, 0) is 17.7 Å². The van der Waals surface area contributed by atoms with Gasteiger partial charge in [0.05, 0.1) is 12.7 Å². The van der Waals surface area contributed by atoms with Gasteiger partial charge in [-0.25, -0.2) is 0 Å². The molecule has 26 heavy (non-hydrogen) atoms. The van der Waals surface area contributed by atoms with Crippen molar-refractivity contribution in [1.29, 1.82) is 0 Å². The average Bonchev–Trinajstić information content (AvgIpc) is 2.65. The summed E-state index contributed by atoms with van der Waals surface area (Å²) in [5.41, 5.74) is 1.56. The van der Waals surface area contributed by atoms with Crippen LogP contribution in [-0.4, -0.2) is 42.3 Å². The predicted octanol–water partition coefficient (Wildman–Crippen LogP) is 3.51. The van der Waals surface area contributed by atoms with E-state index in [0.717, 1.165) is 5.56 Å². The van der Waals surface area contributed by atoms with Crippen LogP contribution in [0.4, 0.5) is 0 Å². The summed E-state index contributed by atoms with van der Waals surface area (Å²) in [4.78, 5) is 12.8. The first-order valence-electron chi connectivity index (χ1n) is 8.82. The second-order valence-corrected chi connectivity index (χ2v) is 7.04. The number of carbonyl (C=O) groups is 1. The van der Waals surface area contributed by atoms with Gasteiger partial charge in [-0.15, -0.1) is 0 Å². The molecule has 2 aromatic rings. The molecule has 0 spiro atoms. The van der Waals surface area contributed by atoms with Gasteiger partial charge in [-0.2, -0.15) is 0 Å². The van der Waals surface area contributed by atoms with Crippen LogP contribution in [0.15, 0.2) is 54.6 Å². The minimum absolute atomic E-state index is 0.0930. The molecule has 2 rings (SSSR count). The highest BCUT2D eigenvalue weighted by molar-refractivity contribution is 6.30. The molecule has 0 aliphatic carbocycles. The molecule has 0 aliphatic rings.